The molecule has 86 valence electrons. The molecule has 1 aliphatic carbocycles. The van der Waals surface area contributed by atoms with E-state index in [1.54, 1.807) is 0 Å². The zero-order valence-corrected chi connectivity index (χ0v) is 9.09. The van der Waals surface area contributed by atoms with Gasteiger partial charge >= 0.3 is 5.97 Å². The molecule has 1 aromatic rings. The predicted octanol–water partition coefficient (Wildman–Crippen LogP) is 2.69. The highest BCUT2D eigenvalue weighted by Gasteiger charge is 2.49. The maximum absolute atomic E-state index is 13.6. The number of hydrogen-bond donors (Lipinski definition) is 2. The summed E-state index contributed by atoms with van der Waals surface area (Å²) < 4.78 is 13.6. The maximum Gasteiger partial charge on any atom is 0.304 e. The highest BCUT2D eigenvalue weighted by atomic mass is 35.5. The third-order valence-corrected chi connectivity index (χ3v) is 3.33. The van der Waals surface area contributed by atoms with Crippen molar-refractivity contribution in [3.63, 3.8) is 0 Å². The van der Waals surface area contributed by atoms with Gasteiger partial charge in [0.25, 0.3) is 0 Å². The molecule has 0 saturated heterocycles. The van der Waals surface area contributed by atoms with Crippen molar-refractivity contribution >= 4 is 17.6 Å². The summed E-state index contributed by atoms with van der Waals surface area (Å²) in [5, 5.41) is 18.1. The summed E-state index contributed by atoms with van der Waals surface area (Å²) >= 11 is 5.82. The number of rotatable bonds is 3. The van der Waals surface area contributed by atoms with E-state index < -0.39 is 17.2 Å². The molecule has 3 nitrogen and oxygen atoms in total. The Morgan fingerprint density at radius 1 is 1.50 bits per heavy atom. The van der Waals surface area contributed by atoms with Crippen LogP contribution in [-0.2, 0) is 10.2 Å². The quantitative estimate of drug-likeness (QED) is 0.860. The Hall–Kier alpha value is -1.29. The first-order valence-electron chi connectivity index (χ1n) is 4.85. The molecule has 2 rings (SSSR count). The largest absolute Gasteiger partial charge is 0.506 e. The summed E-state index contributed by atoms with van der Waals surface area (Å²) in [7, 11) is 0. The van der Waals surface area contributed by atoms with Crippen LogP contribution in [-0.4, -0.2) is 16.2 Å². The number of carboxylic acids is 1. The molecule has 0 spiro atoms. The molecule has 0 radical (unpaired) electrons. The number of aliphatic carboxylic acids is 1. The Morgan fingerprint density at radius 3 is 2.62 bits per heavy atom. The minimum absolute atomic E-state index is 0.0706. The zero-order valence-electron chi connectivity index (χ0n) is 8.33. The van der Waals surface area contributed by atoms with E-state index in [0.29, 0.717) is 12.8 Å². The third-order valence-electron chi connectivity index (χ3n) is 2.94. The number of halogens is 2. The second-order valence-corrected chi connectivity index (χ2v) is 4.48. The molecule has 2 N–H and O–H groups in total. The van der Waals surface area contributed by atoms with Gasteiger partial charge < -0.3 is 10.2 Å². The van der Waals surface area contributed by atoms with Gasteiger partial charge in [0.15, 0.2) is 0 Å². The highest BCUT2D eigenvalue weighted by Crippen LogP contribution is 2.55. The van der Waals surface area contributed by atoms with Crippen LogP contribution in [0.2, 0.25) is 5.02 Å². The van der Waals surface area contributed by atoms with Gasteiger partial charge in [0, 0.05) is 11.0 Å². The van der Waals surface area contributed by atoms with Gasteiger partial charge in [-0.1, -0.05) is 11.6 Å². The van der Waals surface area contributed by atoms with Crippen LogP contribution in [0.25, 0.3) is 0 Å². The van der Waals surface area contributed by atoms with E-state index in [1.807, 2.05) is 0 Å². The van der Waals surface area contributed by atoms with E-state index in [0.717, 1.165) is 12.1 Å². The van der Waals surface area contributed by atoms with Crippen LogP contribution in [0.1, 0.15) is 24.8 Å². The fraction of sp³-hybridized carbons (Fsp3) is 0.364. The van der Waals surface area contributed by atoms with E-state index in [4.69, 9.17) is 16.7 Å². The summed E-state index contributed by atoms with van der Waals surface area (Å²) in [4.78, 5) is 10.7. The van der Waals surface area contributed by atoms with Gasteiger partial charge in [-0.2, -0.15) is 0 Å². The molecule has 0 aromatic heterocycles. The number of hydrogen-bond acceptors (Lipinski definition) is 2. The zero-order chi connectivity index (χ0) is 11.9. The van der Waals surface area contributed by atoms with Gasteiger partial charge in [0.1, 0.15) is 11.6 Å². The van der Waals surface area contributed by atoms with Gasteiger partial charge in [-0.3, -0.25) is 4.79 Å². The lowest BCUT2D eigenvalue weighted by atomic mass is 9.91. The Bertz CT molecular complexity index is 455. The molecule has 1 aromatic carbocycles. The van der Waals surface area contributed by atoms with Crippen molar-refractivity contribution in [2.45, 2.75) is 24.7 Å². The van der Waals surface area contributed by atoms with Gasteiger partial charge in [-0.05, 0) is 25.0 Å². The van der Waals surface area contributed by atoms with Crippen molar-refractivity contribution in [3.8, 4) is 5.75 Å². The number of benzene rings is 1. The molecule has 5 heteroatoms. The summed E-state index contributed by atoms with van der Waals surface area (Å²) in [5.74, 6) is -1.76. The average molecular weight is 245 g/mol. The first-order chi connectivity index (χ1) is 7.46. The standard InChI is InChI=1S/C11H10ClFO3/c12-10-7(14)2-1-6(13)9(10)11(3-4-11)5-8(15)16/h1-2,14H,3-5H2,(H,15,16). The normalized spacial score (nSPS) is 17.1. The van der Waals surface area contributed by atoms with Crippen LogP contribution in [0.15, 0.2) is 12.1 Å². The molecule has 0 unspecified atom stereocenters. The smallest absolute Gasteiger partial charge is 0.304 e. The van der Waals surface area contributed by atoms with E-state index in [1.165, 1.54) is 0 Å². The van der Waals surface area contributed by atoms with Crippen molar-refractivity contribution in [2.24, 2.45) is 0 Å². The van der Waals surface area contributed by atoms with E-state index in [9.17, 15) is 14.3 Å². The molecular weight excluding hydrogens is 235 g/mol. The van der Waals surface area contributed by atoms with E-state index in [2.05, 4.69) is 0 Å². The van der Waals surface area contributed by atoms with Crippen molar-refractivity contribution in [1.82, 2.24) is 0 Å². The number of aromatic hydroxyl groups is 1. The molecule has 1 fully saturated rings. The van der Waals surface area contributed by atoms with Gasteiger partial charge in [-0.15, -0.1) is 0 Å². The molecule has 0 aliphatic heterocycles. The lowest BCUT2D eigenvalue weighted by Crippen LogP contribution is -2.15. The molecule has 16 heavy (non-hydrogen) atoms. The molecule has 1 saturated carbocycles. The van der Waals surface area contributed by atoms with Crippen molar-refractivity contribution in [1.29, 1.82) is 0 Å². The molecule has 0 heterocycles. The van der Waals surface area contributed by atoms with E-state index in [-0.39, 0.29) is 22.8 Å². The topological polar surface area (TPSA) is 57.5 Å². The van der Waals surface area contributed by atoms with Crippen LogP contribution in [0, 0.1) is 5.82 Å². The van der Waals surface area contributed by atoms with E-state index >= 15 is 0 Å². The first-order valence-corrected chi connectivity index (χ1v) is 5.23. The molecule has 1 aliphatic rings. The highest BCUT2D eigenvalue weighted by molar-refractivity contribution is 6.33. The summed E-state index contributed by atoms with van der Waals surface area (Å²) in [6.45, 7) is 0. The molecule has 0 amide bonds. The second-order valence-electron chi connectivity index (χ2n) is 4.11. The summed E-state index contributed by atoms with van der Waals surface area (Å²) in [6.07, 6.45) is 1.01. The summed E-state index contributed by atoms with van der Waals surface area (Å²) in [6, 6.07) is 2.27. The van der Waals surface area contributed by atoms with Gasteiger partial charge in [0.2, 0.25) is 0 Å². The minimum Gasteiger partial charge on any atom is -0.506 e. The summed E-state index contributed by atoms with van der Waals surface area (Å²) in [5.41, 5.74) is -0.595. The van der Waals surface area contributed by atoms with Crippen LogP contribution >= 0.6 is 11.6 Å². The predicted molar refractivity (Wildman–Crippen MR) is 56.2 cm³/mol. The number of carboxylic acid groups (broad SMARTS) is 1. The third kappa shape index (κ3) is 1.73. The molecule has 0 atom stereocenters. The Kier molecular flexibility index (Phi) is 2.54. The van der Waals surface area contributed by atoms with Crippen LogP contribution in [0.5, 0.6) is 5.75 Å². The lowest BCUT2D eigenvalue weighted by molar-refractivity contribution is -0.137. The Balaban J connectivity index is 2.48. The molecular formula is C11H10ClFO3. The number of phenolic OH excluding ortho intramolecular Hbond substituents is 1. The first kappa shape index (κ1) is 11.2. The SMILES string of the molecule is O=C(O)CC1(c2c(F)ccc(O)c2Cl)CC1. The number of carbonyl (C=O) groups is 1. The van der Waals surface area contributed by atoms with Crippen LogP contribution < -0.4 is 0 Å². The second kappa shape index (κ2) is 3.63. The van der Waals surface area contributed by atoms with Crippen LogP contribution in [0.3, 0.4) is 0 Å². The number of phenols is 1. The Morgan fingerprint density at radius 2 is 2.12 bits per heavy atom. The lowest BCUT2D eigenvalue weighted by Gasteiger charge is -2.16. The van der Waals surface area contributed by atoms with Gasteiger partial charge in [-0.25, -0.2) is 4.39 Å². The average Bonchev–Trinajstić information content (AvgIpc) is 2.92. The fourth-order valence-corrected chi connectivity index (χ4v) is 2.34. The minimum atomic E-state index is -0.990. The Labute approximate surface area is 96.5 Å². The fourth-order valence-electron chi connectivity index (χ4n) is 1.98. The van der Waals surface area contributed by atoms with Crippen molar-refractivity contribution in [3.05, 3.63) is 28.5 Å². The van der Waals surface area contributed by atoms with Gasteiger partial charge in [0.05, 0.1) is 11.4 Å². The molecule has 0 bridgehead atoms. The van der Waals surface area contributed by atoms with Crippen molar-refractivity contribution < 1.29 is 19.4 Å². The van der Waals surface area contributed by atoms with Crippen LogP contribution in [0.4, 0.5) is 4.39 Å². The van der Waals surface area contributed by atoms with Crippen molar-refractivity contribution in [2.75, 3.05) is 0 Å². The monoisotopic (exact) mass is 244 g/mol. The maximum atomic E-state index is 13.6.